The van der Waals surface area contributed by atoms with Gasteiger partial charge in [-0.3, -0.25) is 14.2 Å². The Morgan fingerprint density at radius 1 is 1.18 bits per heavy atom. The normalized spacial score (nSPS) is 11.0. The number of para-hydroxylation sites is 2. The number of anilines is 1. The van der Waals surface area contributed by atoms with Crippen molar-refractivity contribution in [3.63, 3.8) is 0 Å². The molecule has 3 rings (SSSR count). The summed E-state index contributed by atoms with van der Waals surface area (Å²) in [6, 6.07) is 13.1. The molecule has 0 spiro atoms. The second-order valence-electron chi connectivity index (χ2n) is 5.81. The summed E-state index contributed by atoms with van der Waals surface area (Å²) < 4.78 is 27.6. The summed E-state index contributed by atoms with van der Waals surface area (Å²) in [4.78, 5) is 28.3. The van der Waals surface area contributed by atoms with Crippen LogP contribution in [0.5, 0.6) is 0 Å². The number of amides is 2. The summed E-state index contributed by atoms with van der Waals surface area (Å²) in [6.07, 6.45) is 0. The number of hydrogen-bond donors (Lipinski definition) is 2. The van der Waals surface area contributed by atoms with Crippen molar-refractivity contribution in [2.75, 3.05) is 17.6 Å². The second-order valence-corrected chi connectivity index (χ2v) is 6.75. The largest absolute Gasteiger partial charge is 0.352 e. The lowest BCUT2D eigenvalue weighted by atomic mass is 10.2. The number of alkyl halides is 2. The quantitative estimate of drug-likeness (QED) is 0.586. The maximum atomic E-state index is 13.4. The molecule has 9 heteroatoms. The highest BCUT2D eigenvalue weighted by Crippen LogP contribution is 2.29. The predicted octanol–water partition coefficient (Wildman–Crippen LogP) is 3.91. The molecule has 2 aromatic carbocycles. The molecule has 0 saturated heterocycles. The standard InChI is InChI=1S/C19H18F2N4O2S/c1-2-22-17(27)12-6-5-7-13(10-12)23-16(26)11-28-19-24-14-8-3-4-9-15(14)25(19)18(20)21/h3-10,18H,2,11H2,1H3,(H,22,27)(H,23,26). The van der Waals surface area contributed by atoms with E-state index >= 15 is 0 Å². The summed E-state index contributed by atoms with van der Waals surface area (Å²) in [5.74, 6) is -0.717. The molecule has 28 heavy (non-hydrogen) atoms. The number of hydrogen-bond acceptors (Lipinski definition) is 4. The van der Waals surface area contributed by atoms with Crippen molar-refractivity contribution < 1.29 is 18.4 Å². The van der Waals surface area contributed by atoms with E-state index in [1.54, 1.807) is 48.5 Å². The number of nitrogens with one attached hydrogen (secondary N) is 2. The Morgan fingerprint density at radius 3 is 2.71 bits per heavy atom. The minimum absolute atomic E-state index is 0.0717. The zero-order valence-corrected chi connectivity index (χ0v) is 15.8. The summed E-state index contributed by atoms with van der Waals surface area (Å²) in [5.41, 5.74) is 1.64. The summed E-state index contributed by atoms with van der Waals surface area (Å²) in [6.45, 7) is -0.447. The van der Waals surface area contributed by atoms with E-state index in [2.05, 4.69) is 15.6 Å². The highest BCUT2D eigenvalue weighted by atomic mass is 32.2. The van der Waals surface area contributed by atoms with Gasteiger partial charge in [-0.05, 0) is 37.3 Å². The molecule has 0 atom stereocenters. The van der Waals surface area contributed by atoms with Crippen LogP contribution in [0.3, 0.4) is 0 Å². The minimum Gasteiger partial charge on any atom is -0.352 e. The van der Waals surface area contributed by atoms with Gasteiger partial charge < -0.3 is 10.6 Å². The number of carbonyl (C=O) groups excluding carboxylic acids is 2. The summed E-state index contributed by atoms with van der Waals surface area (Å²) >= 11 is 0.928. The van der Waals surface area contributed by atoms with Crippen LogP contribution in [0.1, 0.15) is 23.8 Å². The van der Waals surface area contributed by atoms with E-state index in [-0.39, 0.29) is 22.7 Å². The molecule has 0 aliphatic heterocycles. The third-order valence-electron chi connectivity index (χ3n) is 3.84. The van der Waals surface area contributed by atoms with Crippen molar-refractivity contribution in [2.45, 2.75) is 18.6 Å². The van der Waals surface area contributed by atoms with Crippen molar-refractivity contribution in [1.82, 2.24) is 14.9 Å². The van der Waals surface area contributed by atoms with Crippen LogP contribution in [-0.4, -0.2) is 33.7 Å². The first-order chi connectivity index (χ1) is 13.5. The van der Waals surface area contributed by atoms with Gasteiger partial charge in [0.25, 0.3) is 5.91 Å². The maximum Gasteiger partial charge on any atom is 0.321 e. The van der Waals surface area contributed by atoms with E-state index in [1.807, 2.05) is 6.92 Å². The topological polar surface area (TPSA) is 76.0 Å². The molecule has 0 saturated carbocycles. The van der Waals surface area contributed by atoms with Crippen LogP contribution in [0.25, 0.3) is 11.0 Å². The van der Waals surface area contributed by atoms with Gasteiger partial charge >= 0.3 is 6.55 Å². The molecule has 0 fully saturated rings. The highest BCUT2D eigenvalue weighted by molar-refractivity contribution is 7.99. The third kappa shape index (κ3) is 4.48. The van der Waals surface area contributed by atoms with Crippen molar-refractivity contribution in [3.05, 3.63) is 54.1 Å². The van der Waals surface area contributed by atoms with Crippen LogP contribution in [0, 0.1) is 0 Å². The molecular weight excluding hydrogens is 386 g/mol. The van der Waals surface area contributed by atoms with Gasteiger partial charge in [-0.15, -0.1) is 0 Å². The fraction of sp³-hybridized carbons (Fsp3) is 0.211. The lowest BCUT2D eigenvalue weighted by Crippen LogP contribution is -2.23. The molecule has 0 radical (unpaired) electrons. The van der Waals surface area contributed by atoms with Crippen LogP contribution in [-0.2, 0) is 4.79 Å². The number of carbonyl (C=O) groups is 2. The van der Waals surface area contributed by atoms with Gasteiger partial charge in [-0.25, -0.2) is 4.98 Å². The first-order valence-corrected chi connectivity index (χ1v) is 9.54. The molecule has 0 aliphatic carbocycles. The molecule has 0 bridgehead atoms. The van der Waals surface area contributed by atoms with E-state index in [0.717, 1.165) is 16.3 Å². The number of halogens is 2. The van der Waals surface area contributed by atoms with Crippen molar-refractivity contribution in [3.8, 4) is 0 Å². The van der Waals surface area contributed by atoms with Crippen LogP contribution in [0.4, 0.5) is 14.5 Å². The number of nitrogens with zero attached hydrogens (tertiary/aromatic N) is 2. The van der Waals surface area contributed by atoms with Gasteiger partial charge in [0.05, 0.1) is 16.8 Å². The maximum absolute atomic E-state index is 13.4. The van der Waals surface area contributed by atoms with E-state index < -0.39 is 6.55 Å². The van der Waals surface area contributed by atoms with E-state index in [9.17, 15) is 18.4 Å². The molecule has 3 aromatic rings. The lowest BCUT2D eigenvalue weighted by Gasteiger charge is -2.09. The number of benzene rings is 2. The van der Waals surface area contributed by atoms with Gasteiger partial charge in [-0.2, -0.15) is 8.78 Å². The Kier molecular flexibility index (Phi) is 6.25. The Labute approximate surface area is 164 Å². The van der Waals surface area contributed by atoms with Gasteiger partial charge in [0.15, 0.2) is 5.16 Å². The Morgan fingerprint density at radius 2 is 1.96 bits per heavy atom. The molecule has 1 aromatic heterocycles. The zero-order valence-electron chi connectivity index (χ0n) is 15.0. The second kappa shape index (κ2) is 8.83. The number of fused-ring (bicyclic) bond motifs is 1. The lowest BCUT2D eigenvalue weighted by molar-refractivity contribution is -0.113. The van der Waals surface area contributed by atoms with Gasteiger partial charge in [0.1, 0.15) is 0 Å². The van der Waals surface area contributed by atoms with Crippen LogP contribution < -0.4 is 10.6 Å². The summed E-state index contributed by atoms with van der Waals surface area (Å²) in [5, 5.41) is 5.42. The smallest absolute Gasteiger partial charge is 0.321 e. The molecule has 1 heterocycles. The van der Waals surface area contributed by atoms with Gasteiger partial charge in [0.2, 0.25) is 5.91 Å². The summed E-state index contributed by atoms with van der Waals surface area (Å²) in [7, 11) is 0. The SMILES string of the molecule is CCNC(=O)c1cccc(NC(=O)CSc2nc3ccccc3n2C(F)F)c1. The minimum atomic E-state index is -2.76. The number of imidazole rings is 1. The Balaban J connectivity index is 1.68. The predicted molar refractivity (Wildman–Crippen MR) is 105 cm³/mol. The van der Waals surface area contributed by atoms with E-state index in [0.29, 0.717) is 28.8 Å². The Bertz CT molecular complexity index is 1010. The van der Waals surface area contributed by atoms with E-state index in [4.69, 9.17) is 0 Å². The van der Waals surface area contributed by atoms with Crippen molar-refractivity contribution >= 4 is 40.3 Å². The van der Waals surface area contributed by atoms with Crippen molar-refractivity contribution in [2.24, 2.45) is 0 Å². The molecular formula is C19H18F2N4O2S. The zero-order chi connectivity index (χ0) is 20.1. The monoisotopic (exact) mass is 404 g/mol. The first kappa shape index (κ1) is 19.8. The van der Waals surface area contributed by atoms with Crippen LogP contribution >= 0.6 is 11.8 Å². The molecule has 146 valence electrons. The Hall–Kier alpha value is -2.94. The number of aromatic nitrogens is 2. The first-order valence-electron chi connectivity index (χ1n) is 8.55. The molecule has 2 N–H and O–H groups in total. The third-order valence-corrected chi connectivity index (χ3v) is 4.79. The molecule has 0 aliphatic rings. The fourth-order valence-electron chi connectivity index (χ4n) is 2.64. The molecule has 0 unspecified atom stereocenters. The average Bonchev–Trinajstić information content (AvgIpc) is 3.05. The van der Waals surface area contributed by atoms with E-state index in [1.165, 1.54) is 0 Å². The van der Waals surface area contributed by atoms with Crippen LogP contribution in [0.2, 0.25) is 0 Å². The fourth-order valence-corrected chi connectivity index (χ4v) is 3.45. The van der Waals surface area contributed by atoms with Crippen molar-refractivity contribution in [1.29, 1.82) is 0 Å². The highest BCUT2D eigenvalue weighted by Gasteiger charge is 2.19. The number of thioether (sulfide) groups is 1. The van der Waals surface area contributed by atoms with Gasteiger partial charge in [0, 0.05) is 17.8 Å². The molecule has 6 nitrogen and oxygen atoms in total. The average molecular weight is 404 g/mol. The number of rotatable bonds is 7. The van der Waals surface area contributed by atoms with Crippen LogP contribution in [0.15, 0.2) is 53.7 Å². The van der Waals surface area contributed by atoms with Gasteiger partial charge in [-0.1, -0.05) is 30.0 Å². The molecule has 2 amide bonds.